The molecule has 0 saturated carbocycles. The van der Waals surface area contributed by atoms with Gasteiger partial charge in [-0.2, -0.15) is 9.78 Å². The molecular formula is C23H15BrClN3O4. The minimum atomic E-state index is -1.12. The first-order valence-electron chi connectivity index (χ1n) is 9.39. The first kappa shape index (κ1) is 21.7. The van der Waals surface area contributed by atoms with Crippen LogP contribution in [-0.4, -0.2) is 33.6 Å². The van der Waals surface area contributed by atoms with Gasteiger partial charge in [-0.05, 0) is 45.8 Å². The number of ether oxygens (including phenoxy) is 1. The van der Waals surface area contributed by atoms with E-state index in [9.17, 15) is 9.59 Å². The van der Waals surface area contributed by atoms with Crippen LogP contribution in [0.3, 0.4) is 0 Å². The fourth-order valence-electron chi connectivity index (χ4n) is 3.06. The first-order chi connectivity index (χ1) is 15.4. The van der Waals surface area contributed by atoms with Crippen LogP contribution in [0, 0.1) is 0 Å². The van der Waals surface area contributed by atoms with Crippen LogP contribution < -0.4 is 10.3 Å². The molecule has 0 atom stereocenters. The van der Waals surface area contributed by atoms with E-state index in [0.717, 1.165) is 5.56 Å². The van der Waals surface area contributed by atoms with Crippen LogP contribution in [0.25, 0.3) is 22.3 Å². The summed E-state index contributed by atoms with van der Waals surface area (Å²) in [5.74, 6) is -0.506. The standard InChI is InChI=1S/C23H15BrClN3O4/c24-17-10-14(11-18(25)21(17)32-13-20(29)30)12-26-28-22(15-6-2-1-3-7-15)27-19-9-5-4-8-16(19)23(28)31/h1-12H,13H2,(H,29,30). The number of benzene rings is 3. The third-order valence-electron chi connectivity index (χ3n) is 4.47. The molecule has 1 heterocycles. The van der Waals surface area contributed by atoms with Crippen LogP contribution in [0.2, 0.25) is 5.02 Å². The van der Waals surface area contributed by atoms with Gasteiger partial charge in [-0.3, -0.25) is 4.79 Å². The Morgan fingerprint density at radius 1 is 1.16 bits per heavy atom. The number of halogens is 2. The highest BCUT2D eigenvalue weighted by molar-refractivity contribution is 9.10. The van der Waals surface area contributed by atoms with Crippen molar-refractivity contribution in [1.82, 2.24) is 9.66 Å². The van der Waals surface area contributed by atoms with Gasteiger partial charge in [0.05, 0.1) is 26.6 Å². The maximum absolute atomic E-state index is 13.2. The highest BCUT2D eigenvalue weighted by Crippen LogP contribution is 2.34. The van der Waals surface area contributed by atoms with Gasteiger partial charge in [0, 0.05) is 5.56 Å². The Morgan fingerprint density at radius 2 is 1.88 bits per heavy atom. The van der Waals surface area contributed by atoms with Gasteiger partial charge in [0.15, 0.2) is 18.2 Å². The summed E-state index contributed by atoms with van der Waals surface area (Å²) in [4.78, 5) is 28.6. The van der Waals surface area contributed by atoms with Crippen LogP contribution in [0.1, 0.15) is 5.56 Å². The maximum atomic E-state index is 13.2. The van der Waals surface area contributed by atoms with Gasteiger partial charge in [0.2, 0.25) is 0 Å². The number of carbonyl (C=O) groups is 1. The van der Waals surface area contributed by atoms with Crippen molar-refractivity contribution in [2.45, 2.75) is 0 Å². The molecule has 9 heteroatoms. The molecule has 0 fully saturated rings. The summed E-state index contributed by atoms with van der Waals surface area (Å²) in [7, 11) is 0. The number of hydrogen-bond donors (Lipinski definition) is 1. The van der Waals surface area contributed by atoms with E-state index in [-0.39, 0.29) is 16.3 Å². The molecule has 4 rings (SSSR count). The number of nitrogens with zero attached hydrogens (tertiary/aromatic N) is 3. The van der Waals surface area contributed by atoms with Crippen molar-refractivity contribution in [2.75, 3.05) is 6.61 Å². The van der Waals surface area contributed by atoms with Gasteiger partial charge in [-0.1, -0.05) is 54.1 Å². The number of para-hydroxylation sites is 1. The van der Waals surface area contributed by atoms with E-state index in [1.165, 1.54) is 10.9 Å². The fraction of sp³-hybridized carbons (Fsp3) is 0.0435. The molecule has 160 valence electrons. The van der Waals surface area contributed by atoms with Gasteiger partial charge in [-0.15, -0.1) is 0 Å². The van der Waals surface area contributed by atoms with Crippen LogP contribution >= 0.6 is 27.5 Å². The molecule has 0 unspecified atom stereocenters. The lowest BCUT2D eigenvalue weighted by Gasteiger charge is -2.10. The monoisotopic (exact) mass is 511 g/mol. The molecule has 4 aromatic rings. The second-order valence-electron chi connectivity index (χ2n) is 6.68. The predicted molar refractivity (Wildman–Crippen MR) is 127 cm³/mol. The first-order valence-corrected chi connectivity index (χ1v) is 10.6. The number of carboxylic acid groups (broad SMARTS) is 1. The Balaban J connectivity index is 1.80. The molecule has 0 spiro atoms. The van der Waals surface area contributed by atoms with Crippen molar-refractivity contribution in [3.05, 3.63) is 92.1 Å². The summed E-state index contributed by atoms with van der Waals surface area (Å²) in [6, 6.07) is 19.6. The summed E-state index contributed by atoms with van der Waals surface area (Å²) in [6.45, 7) is -0.523. The van der Waals surface area contributed by atoms with E-state index in [0.29, 0.717) is 26.8 Å². The second kappa shape index (κ2) is 9.33. The molecule has 0 radical (unpaired) electrons. The lowest BCUT2D eigenvalue weighted by molar-refractivity contribution is -0.139. The van der Waals surface area contributed by atoms with E-state index in [2.05, 4.69) is 26.0 Å². The van der Waals surface area contributed by atoms with Crippen LogP contribution in [0.4, 0.5) is 0 Å². The average Bonchev–Trinajstić information content (AvgIpc) is 2.78. The number of aromatic nitrogens is 2. The number of carboxylic acids is 1. The van der Waals surface area contributed by atoms with Crippen molar-refractivity contribution < 1.29 is 14.6 Å². The molecule has 0 saturated heterocycles. The second-order valence-corrected chi connectivity index (χ2v) is 7.94. The predicted octanol–water partition coefficient (Wildman–Crippen LogP) is 4.83. The number of aliphatic carboxylic acids is 1. The molecule has 3 aromatic carbocycles. The van der Waals surface area contributed by atoms with E-state index in [4.69, 9.17) is 21.4 Å². The molecule has 0 bridgehead atoms. The minimum absolute atomic E-state index is 0.203. The number of hydrogen-bond acceptors (Lipinski definition) is 5. The zero-order valence-electron chi connectivity index (χ0n) is 16.4. The van der Waals surface area contributed by atoms with Crippen LogP contribution in [0.15, 0.2) is 81.1 Å². The molecule has 1 aromatic heterocycles. The van der Waals surface area contributed by atoms with Crippen molar-refractivity contribution >= 4 is 50.6 Å². The topological polar surface area (TPSA) is 93.8 Å². The van der Waals surface area contributed by atoms with Gasteiger partial charge < -0.3 is 9.84 Å². The molecular weight excluding hydrogens is 498 g/mol. The largest absolute Gasteiger partial charge is 0.479 e. The SMILES string of the molecule is O=C(O)COc1c(Cl)cc(C=Nn2c(-c3ccccc3)nc3ccccc3c2=O)cc1Br. The van der Waals surface area contributed by atoms with Gasteiger partial charge in [0.25, 0.3) is 5.56 Å². The molecule has 7 nitrogen and oxygen atoms in total. The number of fused-ring (bicyclic) bond motifs is 1. The quantitative estimate of drug-likeness (QED) is 0.374. The van der Waals surface area contributed by atoms with Crippen molar-refractivity contribution in [3.8, 4) is 17.1 Å². The van der Waals surface area contributed by atoms with Gasteiger partial charge in [0.1, 0.15) is 0 Å². The minimum Gasteiger partial charge on any atom is -0.479 e. The Hall–Kier alpha value is -3.49. The maximum Gasteiger partial charge on any atom is 0.341 e. The van der Waals surface area contributed by atoms with E-state index in [1.54, 1.807) is 30.3 Å². The Bertz CT molecular complexity index is 1380. The van der Waals surface area contributed by atoms with Crippen molar-refractivity contribution in [1.29, 1.82) is 0 Å². The molecule has 0 aliphatic heterocycles. The lowest BCUT2D eigenvalue weighted by Crippen LogP contribution is -2.20. The van der Waals surface area contributed by atoms with E-state index < -0.39 is 12.6 Å². The summed E-state index contributed by atoms with van der Waals surface area (Å²) in [5.41, 5.74) is 1.58. The summed E-state index contributed by atoms with van der Waals surface area (Å²) in [6.07, 6.45) is 1.47. The Labute approximate surface area is 195 Å². The molecule has 0 aliphatic carbocycles. The zero-order valence-corrected chi connectivity index (χ0v) is 18.7. The summed E-state index contributed by atoms with van der Waals surface area (Å²) < 4.78 is 6.91. The summed E-state index contributed by atoms with van der Waals surface area (Å²) >= 11 is 9.57. The average molecular weight is 513 g/mol. The van der Waals surface area contributed by atoms with Gasteiger partial charge >= 0.3 is 5.97 Å². The van der Waals surface area contributed by atoms with Crippen LogP contribution in [0.5, 0.6) is 5.75 Å². The number of rotatable bonds is 6. The third kappa shape index (κ3) is 4.56. The molecule has 0 aliphatic rings. The molecule has 1 N–H and O–H groups in total. The van der Waals surface area contributed by atoms with Crippen molar-refractivity contribution in [2.24, 2.45) is 5.10 Å². The Kier molecular flexibility index (Phi) is 6.34. The smallest absolute Gasteiger partial charge is 0.341 e. The Morgan fingerprint density at radius 3 is 2.59 bits per heavy atom. The van der Waals surface area contributed by atoms with Crippen molar-refractivity contribution in [3.63, 3.8) is 0 Å². The highest BCUT2D eigenvalue weighted by Gasteiger charge is 2.13. The van der Waals surface area contributed by atoms with Gasteiger partial charge in [-0.25, -0.2) is 9.78 Å². The zero-order chi connectivity index (χ0) is 22.7. The van der Waals surface area contributed by atoms with E-state index >= 15 is 0 Å². The van der Waals surface area contributed by atoms with Crippen LogP contribution in [-0.2, 0) is 4.79 Å². The fourth-order valence-corrected chi connectivity index (χ4v) is 4.04. The normalized spacial score (nSPS) is 11.2. The highest BCUT2D eigenvalue weighted by atomic mass is 79.9. The lowest BCUT2D eigenvalue weighted by atomic mass is 10.2. The molecule has 0 amide bonds. The third-order valence-corrected chi connectivity index (χ3v) is 5.34. The molecule has 32 heavy (non-hydrogen) atoms. The van der Waals surface area contributed by atoms with E-state index in [1.807, 2.05) is 36.4 Å². The summed E-state index contributed by atoms with van der Waals surface area (Å²) in [5, 5.41) is 13.8.